The fourth-order valence-corrected chi connectivity index (χ4v) is 2.47. The second-order valence-corrected chi connectivity index (χ2v) is 5.30. The Kier molecular flexibility index (Phi) is 3.50. The van der Waals surface area contributed by atoms with Gasteiger partial charge in [-0.25, -0.2) is 4.39 Å². The highest BCUT2D eigenvalue weighted by molar-refractivity contribution is 7.80. The first-order valence-electron chi connectivity index (χ1n) is 6.58. The number of thiocarbonyl (C=S) groups is 1. The minimum absolute atomic E-state index is 0.268. The van der Waals surface area contributed by atoms with E-state index in [4.69, 9.17) is 12.2 Å². The topological polar surface area (TPSA) is 50.2 Å². The molecule has 1 aliphatic heterocycles. The zero-order chi connectivity index (χ0) is 15.9. The number of rotatable bonds is 2. The molecule has 2 heterocycles. The van der Waals surface area contributed by atoms with E-state index in [-0.39, 0.29) is 16.8 Å². The van der Waals surface area contributed by atoms with Crippen molar-refractivity contribution in [3.63, 3.8) is 0 Å². The summed E-state index contributed by atoms with van der Waals surface area (Å²) >= 11 is 5.20. The fourth-order valence-electron chi connectivity index (χ4n) is 2.17. The molecular formula is C15H13FN4OS. The maximum absolute atomic E-state index is 13.0. The first kappa shape index (κ1) is 14.4. The lowest BCUT2D eigenvalue weighted by molar-refractivity contribution is -0.113. The number of halogens is 1. The Morgan fingerprint density at radius 2 is 2.00 bits per heavy atom. The van der Waals surface area contributed by atoms with Crippen LogP contribution in [0.2, 0.25) is 0 Å². The summed E-state index contributed by atoms with van der Waals surface area (Å²) in [6.45, 7) is 1.91. The van der Waals surface area contributed by atoms with Gasteiger partial charge < -0.3 is 5.32 Å². The van der Waals surface area contributed by atoms with E-state index in [0.717, 1.165) is 11.3 Å². The van der Waals surface area contributed by atoms with Crippen LogP contribution in [-0.2, 0) is 11.8 Å². The first-order valence-corrected chi connectivity index (χ1v) is 6.99. The van der Waals surface area contributed by atoms with Gasteiger partial charge in [0.25, 0.3) is 5.91 Å². The van der Waals surface area contributed by atoms with Crippen molar-refractivity contribution < 1.29 is 9.18 Å². The van der Waals surface area contributed by atoms with Crippen LogP contribution in [0.1, 0.15) is 11.3 Å². The maximum atomic E-state index is 13.0. The third-order valence-electron chi connectivity index (χ3n) is 3.54. The second kappa shape index (κ2) is 5.34. The number of carbonyl (C=O) groups excluding carboxylic acids is 1. The van der Waals surface area contributed by atoms with Crippen LogP contribution >= 0.6 is 12.2 Å². The summed E-state index contributed by atoms with van der Waals surface area (Å²) in [5, 5.41) is 7.29. The Labute approximate surface area is 132 Å². The molecular weight excluding hydrogens is 303 g/mol. The van der Waals surface area contributed by atoms with Gasteiger partial charge in [0.15, 0.2) is 5.11 Å². The van der Waals surface area contributed by atoms with E-state index < -0.39 is 0 Å². The predicted octanol–water partition coefficient (Wildman–Crippen LogP) is 2.13. The van der Waals surface area contributed by atoms with Crippen molar-refractivity contribution in [2.24, 2.45) is 7.05 Å². The third-order valence-corrected chi connectivity index (χ3v) is 3.82. The number of carbonyl (C=O) groups is 1. The lowest BCUT2D eigenvalue weighted by Crippen LogP contribution is -2.30. The molecule has 5 nitrogen and oxygen atoms in total. The zero-order valence-corrected chi connectivity index (χ0v) is 12.8. The molecule has 1 amide bonds. The molecule has 1 N–H and O–H groups in total. The normalized spacial score (nSPS) is 16.5. The SMILES string of the molecule is Cc1c(/C=C2/NC(=S)N(c3ccc(F)cc3)C2=O)cnn1C. The quantitative estimate of drug-likeness (QED) is 0.681. The number of hydrogen-bond acceptors (Lipinski definition) is 3. The molecule has 22 heavy (non-hydrogen) atoms. The standard InChI is InChI=1S/C15H13FN4OS/c1-9-10(8-17-19(9)2)7-13-14(21)20(15(22)18-13)12-5-3-11(16)4-6-12/h3-8H,1-2H3,(H,18,22)/b13-7+. The summed E-state index contributed by atoms with van der Waals surface area (Å²) in [6.07, 6.45) is 3.39. The molecule has 1 aliphatic rings. The summed E-state index contributed by atoms with van der Waals surface area (Å²) < 4.78 is 14.7. The van der Waals surface area contributed by atoms with Crippen LogP contribution in [-0.4, -0.2) is 20.8 Å². The predicted molar refractivity (Wildman–Crippen MR) is 85.5 cm³/mol. The Bertz CT molecular complexity index is 794. The van der Waals surface area contributed by atoms with Gasteiger partial charge >= 0.3 is 0 Å². The summed E-state index contributed by atoms with van der Waals surface area (Å²) in [4.78, 5) is 13.9. The number of aromatic nitrogens is 2. The van der Waals surface area contributed by atoms with Gasteiger partial charge in [-0.15, -0.1) is 0 Å². The van der Waals surface area contributed by atoms with Gasteiger partial charge in [0.1, 0.15) is 11.5 Å². The molecule has 7 heteroatoms. The Morgan fingerprint density at radius 1 is 1.32 bits per heavy atom. The Balaban J connectivity index is 1.94. The second-order valence-electron chi connectivity index (χ2n) is 4.91. The van der Waals surface area contributed by atoms with Crippen LogP contribution in [0.15, 0.2) is 36.2 Å². The molecule has 1 aromatic heterocycles. The molecule has 0 spiro atoms. The third kappa shape index (κ3) is 2.39. The highest BCUT2D eigenvalue weighted by Gasteiger charge is 2.32. The van der Waals surface area contributed by atoms with Gasteiger partial charge in [0.05, 0.1) is 11.9 Å². The van der Waals surface area contributed by atoms with Gasteiger partial charge in [-0.3, -0.25) is 14.4 Å². The highest BCUT2D eigenvalue weighted by Crippen LogP contribution is 2.23. The first-order chi connectivity index (χ1) is 10.5. The molecule has 1 fully saturated rings. The van der Waals surface area contributed by atoms with E-state index >= 15 is 0 Å². The minimum atomic E-state index is -0.365. The lowest BCUT2D eigenvalue weighted by atomic mass is 10.2. The average molecular weight is 316 g/mol. The lowest BCUT2D eigenvalue weighted by Gasteiger charge is -2.13. The van der Waals surface area contributed by atoms with Crippen molar-refractivity contribution in [1.29, 1.82) is 0 Å². The molecule has 0 atom stereocenters. The largest absolute Gasteiger partial charge is 0.327 e. The maximum Gasteiger partial charge on any atom is 0.281 e. The molecule has 3 rings (SSSR count). The van der Waals surface area contributed by atoms with Crippen molar-refractivity contribution in [3.05, 3.63) is 53.2 Å². The van der Waals surface area contributed by atoms with Gasteiger partial charge in [-0.05, 0) is 49.5 Å². The number of anilines is 1. The minimum Gasteiger partial charge on any atom is -0.327 e. The van der Waals surface area contributed by atoms with Gasteiger partial charge in [0.2, 0.25) is 0 Å². The van der Waals surface area contributed by atoms with E-state index in [1.165, 1.54) is 29.2 Å². The Morgan fingerprint density at radius 3 is 2.59 bits per heavy atom. The molecule has 2 aromatic rings. The summed E-state index contributed by atoms with van der Waals surface area (Å²) in [5.74, 6) is -0.643. The average Bonchev–Trinajstić information content (AvgIpc) is 2.94. The number of hydrogen-bond donors (Lipinski definition) is 1. The monoisotopic (exact) mass is 316 g/mol. The van der Waals surface area contributed by atoms with Crippen molar-refractivity contribution >= 4 is 35.0 Å². The van der Waals surface area contributed by atoms with E-state index in [0.29, 0.717) is 11.4 Å². The summed E-state index contributed by atoms with van der Waals surface area (Å²) in [7, 11) is 1.83. The van der Waals surface area contributed by atoms with Crippen LogP contribution < -0.4 is 10.2 Å². The van der Waals surface area contributed by atoms with E-state index in [2.05, 4.69) is 10.4 Å². The van der Waals surface area contributed by atoms with Crippen LogP contribution in [0.5, 0.6) is 0 Å². The van der Waals surface area contributed by atoms with Crippen molar-refractivity contribution in [2.45, 2.75) is 6.92 Å². The number of amides is 1. The van der Waals surface area contributed by atoms with Crippen LogP contribution in [0.4, 0.5) is 10.1 Å². The molecule has 0 radical (unpaired) electrons. The molecule has 0 bridgehead atoms. The van der Waals surface area contributed by atoms with Gasteiger partial charge in [-0.2, -0.15) is 5.10 Å². The number of nitrogens with zero attached hydrogens (tertiary/aromatic N) is 3. The van der Waals surface area contributed by atoms with E-state index in [1.807, 2.05) is 14.0 Å². The molecule has 1 aromatic carbocycles. The van der Waals surface area contributed by atoms with Crippen LogP contribution in [0, 0.1) is 12.7 Å². The summed E-state index contributed by atoms with van der Waals surface area (Å²) in [6, 6.07) is 5.61. The van der Waals surface area contributed by atoms with Gasteiger partial charge in [0, 0.05) is 18.3 Å². The van der Waals surface area contributed by atoms with Crippen molar-refractivity contribution in [2.75, 3.05) is 4.90 Å². The fraction of sp³-hybridized carbons (Fsp3) is 0.133. The van der Waals surface area contributed by atoms with E-state index in [9.17, 15) is 9.18 Å². The molecule has 1 saturated heterocycles. The van der Waals surface area contributed by atoms with Crippen LogP contribution in [0.25, 0.3) is 6.08 Å². The molecule has 0 aliphatic carbocycles. The smallest absolute Gasteiger partial charge is 0.281 e. The highest BCUT2D eigenvalue weighted by atomic mass is 32.1. The summed E-state index contributed by atoms with van der Waals surface area (Å²) in [5.41, 5.74) is 2.66. The van der Waals surface area contributed by atoms with E-state index in [1.54, 1.807) is 17.0 Å². The van der Waals surface area contributed by atoms with Crippen molar-refractivity contribution in [1.82, 2.24) is 15.1 Å². The van der Waals surface area contributed by atoms with Gasteiger partial charge in [-0.1, -0.05) is 0 Å². The van der Waals surface area contributed by atoms with Crippen molar-refractivity contribution in [3.8, 4) is 0 Å². The molecule has 112 valence electrons. The number of benzene rings is 1. The number of aryl methyl sites for hydroxylation is 1. The van der Waals surface area contributed by atoms with Crippen LogP contribution in [0.3, 0.4) is 0 Å². The Hall–Kier alpha value is -2.54. The zero-order valence-electron chi connectivity index (χ0n) is 12.0. The number of nitrogens with one attached hydrogen (secondary N) is 1. The molecule has 0 unspecified atom stereocenters. The molecule has 0 saturated carbocycles.